The number of methoxy groups -OCH3 is 1. The summed E-state index contributed by atoms with van der Waals surface area (Å²) in [6.45, 7) is 0. The summed E-state index contributed by atoms with van der Waals surface area (Å²) in [7, 11) is -1.07. The highest BCUT2D eigenvalue weighted by Crippen LogP contribution is 2.47. The van der Waals surface area contributed by atoms with E-state index in [1.54, 1.807) is 13.1 Å². The van der Waals surface area contributed by atoms with Gasteiger partial charge in [0.1, 0.15) is 16.8 Å². The summed E-state index contributed by atoms with van der Waals surface area (Å²) >= 11 is 2.38. The van der Waals surface area contributed by atoms with Crippen molar-refractivity contribution in [1.82, 2.24) is 30.4 Å². The molecular weight excluding hydrogens is 498 g/mol. The van der Waals surface area contributed by atoms with Gasteiger partial charge in [0.25, 0.3) is 11.6 Å². The van der Waals surface area contributed by atoms with E-state index < -0.39 is 50.2 Å². The summed E-state index contributed by atoms with van der Waals surface area (Å²) in [6.07, 6.45) is -0.270. The second kappa shape index (κ2) is 9.67. The Kier molecular flexibility index (Phi) is 7.31. The van der Waals surface area contributed by atoms with Gasteiger partial charge >= 0.3 is 5.97 Å². The molecule has 2 amide bonds. The van der Waals surface area contributed by atoms with E-state index in [9.17, 15) is 27.9 Å². The van der Waals surface area contributed by atoms with Crippen molar-refractivity contribution in [3.63, 3.8) is 0 Å². The highest BCUT2D eigenvalue weighted by atomic mass is 32.2. The molecule has 2 atom stereocenters. The van der Waals surface area contributed by atoms with E-state index in [0.717, 1.165) is 12.0 Å². The molecule has 0 aliphatic carbocycles. The molecule has 0 spiro atoms. The number of thioether (sulfide) groups is 2. The SMILES string of the molecule is CO[C@@]1(NC(=O)CS(=O)(=O)CCC#N)C(=O)N2C(C(=O)O)=C(CSc3nnnn3C)CS[C@H]21. The first-order valence-electron chi connectivity index (χ1n) is 9.25. The molecule has 2 aliphatic heterocycles. The van der Waals surface area contributed by atoms with E-state index in [4.69, 9.17) is 10.00 Å². The zero-order chi connectivity index (χ0) is 24.4. The summed E-state index contributed by atoms with van der Waals surface area (Å²) in [5.74, 6) is -4.14. The quantitative estimate of drug-likeness (QED) is 0.203. The lowest BCUT2D eigenvalue weighted by molar-refractivity contribution is -0.192. The molecule has 0 radical (unpaired) electrons. The van der Waals surface area contributed by atoms with Crippen molar-refractivity contribution in [3.05, 3.63) is 11.3 Å². The number of amides is 2. The number of nitriles is 1. The predicted octanol–water partition coefficient (Wildman–Crippen LogP) is -1.66. The van der Waals surface area contributed by atoms with Crippen LogP contribution in [0.5, 0.6) is 0 Å². The second-order valence-electron chi connectivity index (χ2n) is 6.96. The molecule has 0 aromatic carbocycles. The fourth-order valence-corrected chi connectivity index (χ4v) is 6.71. The zero-order valence-electron chi connectivity index (χ0n) is 17.4. The van der Waals surface area contributed by atoms with Gasteiger partial charge in [-0.2, -0.15) is 5.26 Å². The summed E-state index contributed by atoms with van der Waals surface area (Å²) in [6, 6.07) is 1.69. The molecule has 1 aromatic heterocycles. The number of carboxylic acid groups (broad SMARTS) is 1. The van der Waals surface area contributed by atoms with Crippen molar-refractivity contribution in [3.8, 4) is 6.07 Å². The van der Waals surface area contributed by atoms with Crippen LogP contribution >= 0.6 is 23.5 Å². The smallest absolute Gasteiger partial charge is 0.352 e. The van der Waals surface area contributed by atoms with Crippen molar-refractivity contribution in [2.45, 2.75) is 22.7 Å². The van der Waals surface area contributed by atoms with E-state index in [-0.39, 0.29) is 23.6 Å². The van der Waals surface area contributed by atoms with Crippen LogP contribution in [0.1, 0.15) is 6.42 Å². The molecular formula is C16H19N7O7S3. The van der Waals surface area contributed by atoms with Crippen molar-refractivity contribution in [2.24, 2.45) is 7.05 Å². The van der Waals surface area contributed by atoms with Crippen molar-refractivity contribution >= 4 is 51.1 Å². The van der Waals surface area contributed by atoms with Gasteiger partial charge < -0.3 is 15.2 Å². The molecule has 2 N–H and O–H groups in total. The first-order chi connectivity index (χ1) is 15.6. The molecule has 1 fully saturated rings. The number of rotatable bonds is 10. The molecule has 0 bridgehead atoms. The third kappa shape index (κ3) is 4.83. The van der Waals surface area contributed by atoms with E-state index in [1.807, 2.05) is 0 Å². The Labute approximate surface area is 196 Å². The van der Waals surface area contributed by atoms with Crippen LogP contribution in [0.2, 0.25) is 0 Å². The van der Waals surface area contributed by atoms with Crippen molar-refractivity contribution in [2.75, 3.05) is 30.1 Å². The Balaban J connectivity index is 1.78. The Morgan fingerprint density at radius 1 is 1.48 bits per heavy atom. The number of carboxylic acids is 1. The minimum absolute atomic E-state index is 0.211. The number of carbonyl (C=O) groups is 3. The number of β-lactam (4-membered cyclic amide) rings is 1. The molecule has 33 heavy (non-hydrogen) atoms. The number of nitrogens with one attached hydrogen (secondary N) is 1. The molecule has 14 nitrogen and oxygen atoms in total. The predicted molar refractivity (Wildman–Crippen MR) is 114 cm³/mol. The number of hydrogen-bond acceptors (Lipinski definition) is 12. The summed E-state index contributed by atoms with van der Waals surface area (Å²) < 4.78 is 30.6. The van der Waals surface area contributed by atoms with Gasteiger partial charge in [-0.1, -0.05) is 11.8 Å². The number of tetrazole rings is 1. The monoisotopic (exact) mass is 517 g/mol. The highest BCUT2D eigenvalue weighted by Gasteiger charge is 2.66. The average molecular weight is 518 g/mol. The number of aliphatic carboxylic acids is 1. The fraction of sp³-hybridized carbons (Fsp3) is 0.562. The first-order valence-corrected chi connectivity index (χ1v) is 13.1. The number of hydrogen-bond donors (Lipinski definition) is 2. The van der Waals surface area contributed by atoms with E-state index in [2.05, 4.69) is 20.8 Å². The lowest BCUT2D eigenvalue weighted by atomic mass is 9.98. The maximum Gasteiger partial charge on any atom is 0.352 e. The molecule has 0 unspecified atom stereocenters. The second-order valence-corrected chi connectivity index (χ2v) is 11.2. The van der Waals surface area contributed by atoms with Crippen molar-refractivity contribution < 1.29 is 32.6 Å². The minimum atomic E-state index is -3.87. The van der Waals surface area contributed by atoms with Crippen molar-refractivity contribution in [1.29, 1.82) is 5.26 Å². The van der Waals surface area contributed by atoms with Gasteiger partial charge in [0.2, 0.25) is 11.1 Å². The van der Waals surface area contributed by atoms with Crippen LogP contribution in [-0.4, -0.2) is 97.6 Å². The van der Waals surface area contributed by atoms with Gasteiger partial charge in [0.15, 0.2) is 9.84 Å². The average Bonchev–Trinajstić information content (AvgIpc) is 3.17. The Hall–Kier alpha value is -2.68. The Morgan fingerprint density at radius 3 is 2.79 bits per heavy atom. The van der Waals surface area contributed by atoms with Gasteiger partial charge in [-0.25, -0.2) is 17.9 Å². The number of aryl methyl sites for hydroxylation is 1. The Morgan fingerprint density at radius 2 is 2.21 bits per heavy atom. The molecule has 3 heterocycles. The molecule has 17 heteroatoms. The van der Waals surface area contributed by atoms with Crippen LogP contribution in [0.15, 0.2) is 16.4 Å². The van der Waals surface area contributed by atoms with Crippen LogP contribution in [0.3, 0.4) is 0 Å². The number of sulfone groups is 1. The summed E-state index contributed by atoms with van der Waals surface area (Å²) in [5, 5.41) is 31.2. The number of aromatic nitrogens is 4. The number of fused-ring (bicyclic) bond motifs is 1. The van der Waals surface area contributed by atoms with E-state index >= 15 is 0 Å². The normalized spacial score (nSPS) is 22.4. The maximum atomic E-state index is 13.0. The first kappa shape index (κ1) is 25.0. The van der Waals surface area contributed by atoms with E-state index in [1.165, 1.54) is 28.2 Å². The Bertz CT molecular complexity index is 1160. The van der Waals surface area contributed by atoms with Gasteiger partial charge in [-0.15, -0.1) is 16.9 Å². The van der Waals surface area contributed by atoms with Crippen LogP contribution in [0, 0.1) is 11.3 Å². The molecule has 0 saturated carbocycles. The number of nitrogens with zero attached hydrogens (tertiary/aromatic N) is 6. The van der Waals surface area contributed by atoms with Crippen LogP contribution < -0.4 is 5.32 Å². The third-order valence-electron chi connectivity index (χ3n) is 4.79. The fourth-order valence-electron chi connectivity index (χ4n) is 3.27. The lowest BCUT2D eigenvalue weighted by Gasteiger charge is -2.55. The maximum absolute atomic E-state index is 13.0. The number of carbonyl (C=O) groups excluding carboxylic acids is 2. The largest absolute Gasteiger partial charge is 0.477 e. The highest BCUT2D eigenvalue weighted by molar-refractivity contribution is 8.01. The lowest BCUT2D eigenvalue weighted by Crippen LogP contribution is -2.81. The van der Waals surface area contributed by atoms with Crippen LogP contribution in [0.25, 0.3) is 0 Å². The summed E-state index contributed by atoms with van der Waals surface area (Å²) in [5.41, 5.74) is -1.67. The number of ether oxygens (including phenoxy) is 1. The molecule has 1 aromatic rings. The molecule has 178 valence electrons. The topological polar surface area (TPSA) is 197 Å². The minimum Gasteiger partial charge on any atom is -0.477 e. The van der Waals surface area contributed by atoms with Crippen LogP contribution in [0.4, 0.5) is 0 Å². The standard InChI is InChI=1S/C16H19N7O7S3/c1-22-15(19-20-21-22)32-7-9-6-31-14-16(30-2,13(27)23(14)11(9)12(25)26)18-10(24)8-33(28,29)5-3-4-17/h14H,3,5-8H2,1-2H3,(H,18,24)(H,25,26)/t14-,16-/m0/s1. The molecule has 2 aliphatic rings. The zero-order valence-corrected chi connectivity index (χ0v) is 19.9. The van der Waals surface area contributed by atoms with E-state index in [0.29, 0.717) is 10.7 Å². The third-order valence-corrected chi connectivity index (χ3v) is 8.79. The molecule has 1 saturated heterocycles. The van der Waals surface area contributed by atoms with Gasteiger partial charge in [-0.05, 0) is 16.0 Å². The van der Waals surface area contributed by atoms with Gasteiger partial charge in [0, 0.05) is 32.1 Å². The van der Waals surface area contributed by atoms with Crippen LogP contribution in [-0.2, 0) is 36.0 Å². The molecule has 3 rings (SSSR count). The summed E-state index contributed by atoms with van der Waals surface area (Å²) in [4.78, 5) is 38.4. The van der Waals surface area contributed by atoms with Gasteiger partial charge in [-0.3, -0.25) is 14.5 Å². The van der Waals surface area contributed by atoms with Gasteiger partial charge in [0.05, 0.1) is 11.8 Å².